The van der Waals surface area contributed by atoms with Gasteiger partial charge in [-0.05, 0) is 6.07 Å². The van der Waals surface area contributed by atoms with Crippen LogP contribution in [0.25, 0.3) is 0 Å². The number of aromatic nitrogens is 2. The Morgan fingerprint density at radius 2 is 1.69 bits per heavy atom. The van der Waals surface area contributed by atoms with Crippen LogP contribution in [0.4, 0.5) is 5.95 Å². The molecule has 1 aliphatic rings. The van der Waals surface area contributed by atoms with Gasteiger partial charge >= 0.3 is 0 Å². The zero-order chi connectivity index (χ0) is 11.6. The van der Waals surface area contributed by atoms with Crippen LogP contribution in [0.1, 0.15) is 0 Å². The monoisotopic (exact) mass is 262 g/mol. The molecule has 0 saturated carbocycles. The van der Waals surface area contributed by atoms with Crippen LogP contribution >= 0.6 is 10.7 Å². The van der Waals surface area contributed by atoms with E-state index < -0.39 is 9.24 Å². The smallest absolute Gasteiger partial charge is 0.299 e. The summed E-state index contributed by atoms with van der Waals surface area (Å²) in [5.41, 5.74) is 0. The predicted molar refractivity (Wildman–Crippen MR) is 60.6 cm³/mol. The number of nitrogens with zero attached hydrogens (tertiary/aromatic N) is 4. The molecule has 0 radical (unpaired) electrons. The van der Waals surface area contributed by atoms with Crippen molar-refractivity contribution in [1.29, 1.82) is 0 Å². The second-order valence-corrected chi connectivity index (χ2v) is 5.89. The fourth-order valence-electron chi connectivity index (χ4n) is 1.56. The zero-order valence-corrected chi connectivity index (χ0v) is 10.0. The van der Waals surface area contributed by atoms with Gasteiger partial charge in [0, 0.05) is 49.3 Å². The highest BCUT2D eigenvalue weighted by Gasteiger charge is 2.25. The normalized spacial score (nSPS) is 18.7. The molecular formula is C8H11ClN4O2S. The Labute approximate surface area is 98.4 Å². The van der Waals surface area contributed by atoms with Gasteiger partial charge in [-0.1, -0.05) is 0 Å². The largest absolute Gasteiger partial charge is 0.338 e. The Kier molecular flexibility index (Phi) is 3.27. The molecule has 0 atom stereocenters. The third kappa shape index (κ3) is 2.60. The average molecular weight is 263 g/mol. The molecular weight excluding hydrogens is 252 g/mol. The highest BCUT2D eigenvalue weighted by atomic mass is 35.7. The van der Waals surface area contributed by atoms with Gasteiger partial charge in [0.2, 0.25) is 5.95 Å². The van der Waals surface area contributed by atoms with E-state index in [0.717, 1.165) is 0 Å². The summed E-state index contributed by atoms with van der Waals surface area (Å²) in [6, 6.07) is 1.74. The molecule has 1 saturated heterocycles. The quantitative estimate of drug-likeness (QED) is 0.707. The van der Waals surface area contributed by atoms with Crippen molar-refractivity contribution >= 4 is 25.9 Å². The topological polar surface area (TPSA) is 66.4 Å². The lowest BCUT2D eigenvalue weighted by Gasteiger charge is -2.32. The molecule has 1 aromatic heterocycles. The second-order valence-electron chi connectivity index (χ2n) is 3.38. The summed E-state index contributed by atoms with van der Waals surface area (Å²) < 4.78 is 23.4. The summed E-state index contributed by atoms with van der Waals surface area (Å²) in [6.45, 7) is 1.83. The van der Waals surface area contributed by atoms with E-state index in [1.165, 1.54) is 4.31 Å². The maximum Gasteiger partial charge on any atom is 0.299 e. The maximum atomic E-state index is 11.1. The highest BCUT2D eigenvalue weighted by Crippen LogP contribution is 2.14. The molecule has 0 amide bonds. The molecule has 0 spiro atoms. The lowest BCUT2D eigenvalue weighted by molar-refractivity contribution is 0.390. The molecule has 88 valence electrons. The van der Waals surface area contributed by atoms with Gasteiger partial charge in [-0.15, -0.1) is 0 Å². The van der Waals surface area contributed by atoms with Crippen LogP contribution in [0.2, 0.25) is 0 Å². The highest BCUT2D eigenvalue weighted by molar-refractivity contribution is 8.11. The minimum Gasteiger partial charge on any atom is -0.338 e. The Morgan fingerprint density at radius 3 is 2.19 bits per heavy atom. The van der Waals surface area contributed by atoms with Crippen molar-refractivity contribution in [3.8, 4) is 0 Å². The van der Waals surface area contributed by atoms with Gasteiger partial charge in [0.1, 0.15) is 0 Å². The molecule has 1 aromatic rings. The van der Waals surface area contributed by atoms with Gasteiger partial charge < -0.3 is 4.90 Å². The molecule has 8 heteroatoms. The van der Waals surface area contributed by atoms with E-state index in [1.807, 2.05) is 4.90 Å². The number of hydrogen-bond donors (Lipinski definition) is 0. The van der Waals surface area contributed by atoms with E-state index in [-0.39, 0.29) is 0 Å². The summed E-state index contributed by atoms with van der Waals surface area (Å²) in [6.07, 6.45) is 3.32. The lowest BCUT2D eigenvalue weighted by Crippen LogP contribution is -2.47. The van der Waals surface area contributed by atoms with Gasteiger partial charge in [-0.2, -0.15) is 12.7 Å². The Morgan fingerprint density at radius 1 is 1.12 bits per heavy atom. The van der Waals surface area contributed by atoms with Crippen molar-refractivity contribution in [2.75, 3.05) is 31.1 Å². The molecule has 0 unspecified atom stereocenters. The van der Waals surface area contributed by atoms with Crippen LogP contribution in [-0.4, -0.2) is 48.9 Å². The van der Waals surface area contributed by atoms with Crippen molar-refractivity contribution < 1.29 is 8.42 Å². The van der Waals surface area contributed by atoms with Crippen molar-refractivity contribution in [3.05, 3.63) is 18.5 Å². The van der Waals surface area contributed by atoms with E-state index in [4.69, 9.17) is 10.7 Å². The first kappa shape index (κ1) is 11.6. The van der Waals surface area contributed by atoms with Gasteiger partial charge in [-0.3, -0.25) is 0 Å². The number of anilines is 1. The van der Waals surface area contributed by atoms with Gasteiger partial charge in [0.15, 0.2) is 0 Å². The lowest BCUT2D eigenvalue weighted by atomic mass is 10.4. The SMILES string of the molecule is O=S(=O)(Cl)N1CCN(c2ncccn2)CC1. The first-order chi connectivity index (χ1) is 7.57. The molecule has 0 aromatic carbocycles. The Balaban J connectivity index is 2.01. The molecule has 1 fully saturated rings. The van der Waals surface area contributed by atoms with Crippen LogP contribution in [0.3, 0.4) is 0 Å². The standard InChI is InChI=1S/C8H11ClN4O2S/c9-16(14,15)13-6-4-12(5-7-13)8-10-2-1-3-11-8/h1-3H,4-7H2. The van der Waals surface area contributed by atoms with E-state index in [2.05, 4.69) is 9.97 Å². The zero-order valence-electron chi connectivity index (χ0n) is 8.45. The van der Waals surface area contributed by atoms with Crippen molar-refractivity contribution in [1.82, 2.24) is 14.3 Å². The van der Waals surface area contributed by atoms with Gasteiger partial charge in [0.25, 0.3) is 9.24 Å². The Bertz CT molecular complexity index is 444. The first-order valence-electron chi connectivity index (χ1n) is 4.79. The maximum absolute atomic E-state index is 11.1. The van der Waals surface area contributed by atoms with Gasteiger partial charge in [0.05, 0.1) is 0 Å². The molecule has 1 aliphatic heterocycles. The summed E-state index contributed by atoms with van der Waals surface area (Å²) in [5, 5.41) is 0. The molecule has 2 rings (SSSR count). The molecule has 0 N–H and O–H groups in total. The Hall–Kier alpha value is -0.920. The fraction of sp³-hybridized carbons (Fsp3) is 0.500. The number of rotatable bonds is 2. The van der Waals surface area contributed by atoms with Crippen molar-refractivity contribution in [2.45, 2.75) is 0 Å². The molecule has 2 heterocycles. The van der Waals surface area contributed by atoms with Crippen LogP contribution < -0.4 is 4.90 Å². The van der Waals surface area contributed by atoms with E-state index in [9.17, 15) is 8.42 Å². The first-order valence-corrected chi connectivity index (χ1v) is 7.06. The van der Waals surface area contributed by atoms with Gasteiger partial charge in [-0.25, -0.2) is 9.97 Å². The molecule has 0 aliphatic carbocycles. The van der Waals surface area contributed by atoms with Crippen LogP contribution in [-0.2, 0) is 9.24 Å². The van der Waals surface area contributed by atoms with Crippen LogP contribution in [0.5, 0.6) is 0 Å². The minimum atomic E-state index is -3.59. The second kappa shape index (κ2) is 4.52. The van der Waals surface area contributed by atoms with Crippen LogP contribution in [0.15, 0.2) is 18.5 Å². The number of piperazine rings is 1. The average Bonchev–Trinajstić information content (AvgIpc) is 2.29. The third-order valence-corrected chi connectivity index (χ3v) is 3.95. The summed E-state index contributed by atoms with van der Waals surface area (Å²) in [5.74, 6) is 0.620. The number of hydrogen-bond acceptors (Lipinski definition) is 5. The number of halogens is 1. The molecule has 6 nitrogen and oxygen atoms in total. The molecule has 16 heavy (non-hydrogen) atoms. The van der Waals surface area contributed by atoms with Crippen molar-refractivity contribution in [2.24, 2.45) is 0 Å². The van der Waals surface area contributed by atoms with E-state index >= 15 is 0 Å². The van der Waals surface area contributed by atoms with Crippen molar-refractivity contribution in [3.63, 3.8) is 0 Å². The third-order valence-electron chi connectivity index (χ3n) is 2.38. The molecule has 0 bridgehead atoms. The summed E-state index contributed by atoms with van der Waals surface area (Å²) in [4.78, 5) is 10.1. The van der Waals surface area contributed by atoms with E-state index in [1.54, 1.807) is 18.5 Å². The minimum absolute atomic E-state index is 0.365. The predicted octanol–water partition coefficient (Wildman–Crippen LogP) is 0.0822. The van der Waals surface area contributed by atoms with E-state index in [0.29, 0.717) is 32.1 Å². The summed E-state index contributed by atoms with van der Waals surface area (Å²) in [7, 11) is 1.66. The van der Waals surface area contributed by atoms with Crippen LogP contribution in [0, 0.1) is 0 Å². The summed E-state index contributed by atoms with van der Waals surface area (Å²) >= 11 is 0. The fourth-order valence-corrected chi connectivity index (χ4v) is 2.57.